The normalized spacial score (nSPS) is 12.3. The molecule has 0 amide bonds. The minimum Gasteiger partial charge on any atom is -0.398 e. The van der Waals surface area contributed by atoms with Crippen molar-refractivity contribution in [3.63, 3.8) is 0 Å². The summed E-state index contributed by atoms with van der Waals surface area (Å²) < 4.78 is 66.8. The summed E-state index contributed by atoms with van der Waals surface area (Å²) in [4.78, 5) is 3.65. The van der Waals surface area contributed by atoms with Crippen molar-refractivity contribution in [1.29, 1.82) is 0 Å². The lowest BCUT2D eigenvalue weighted by molar-refractivity contribution is -0.136. The Balaban J connectivity index is 2.12. The van der Waals surface area contributed by atoms with E-state index >= 15 is 0 Å². The van der Waals surface area contributed by atoms with E-state index in [1.54, 1.807) is 0 Å². The van der Waals surface area contributed by atoms with Crippen molar-refractivity contribution in [3.8, 4) is 0 Å². The van der Waals surface area contributed by atoms with E-state index in [4.69, 9.17) is 17.3 Å². The van der Waals surface area contributed by atoms with E-state index in [0.717, 1.165) is 12.1 Å². The zero-order chi connectivity index (χ0) is 19.1. The zero-order valence-electron chi connectivity index (χ0n) is 12.9. The summed E-state index contributed by atoms with van der Waals surface area (Å²) in [5.41, 5.74) is 4.47. The summed E-state index contributed by atoms with van der Waals surface area (Å²) in [6.07, 6.45) is -3.32. The average Bonchev–Trinajstić information content (AvgIpc) is 2.53. The van der Waals surface area contributed by atoms with Gasteiger partial charge < -0.3 is 5.73 Å². The van der Waals surface area contributed by atoms with Gasteiger partial charge in [0.2, 0.25) is 0 Å². The van der Waals surface area contributed by atoms with Gasteiger partial charge in [-0.15, -0.1) is 0 Å². The largest absolute Gasteiger partial charge is 0.417 e. The summed E-state index contributed by atoms with van der Waals surface area (Å²) in [6, 6.07) is 8.19. The molecule has 0 radical (unpaired) electrons. The van der Waals surface area contributed by atoms with Crippen LogP contribution in [0.15, 0.2) is 53.6 Å². The maximum atomic E-state index is 13.1. The van der Waals surface area contributed by atoms with Crippen molar-refractivity contribution in [2.24, 2.45) is 0 Å². The van der Waals surface area contributed by atoms with Crippen molar-refractivity contribution in [2.45, 2.75) is 11.1 Å². The van der Waals surface area contributed by atoms with Gasteiger partial charge in [-0.3, -0.25) is 9.71 Å². The summed E-state index contributed by atoms with van der Waals surface area (Å²) in [7, 11) is -4.16. The van der Waals surface area contributed by atoms with Gasteiger partial charge in [-0.25, -0.2) is 8.42 Å². The first-order valence-corrected chi connectivity index (χ1v) is 8.98. The van der Waals surface area contributed by atoms with Crippen molar-refractivity contribution in [1.82, 2.24) is 4.98 Å². The minimum atomic E-state index is -4.60. The molecule has 2 aromatic carbocycles. The van der Waals surface area contributed by atoms with Crippen LogP contribution >= 0.6 is 11.6 Å². The van der Waals surface area contributed by atoms with Crippen LogP contribution in [0.4, 0.5) is 24.5 Å². The molecule has 3 rings (SSSR count). The third-order valence-electron chi connectivity index (χ3n) is 3.58. The molecule has 0 fully saturated rings. The predicted octanol–water partition coefficient (Wildman–Crippen LogP) is 4.29. The zero-order valence-corrected chi connectivity index (χ0v) is 14.5. The number of nitrogens with zero attached hydrogens (tertiary/aromatic N) is 1. The highest BCUT2D eigenvalue weighted by Gasteiger charge is 2.33. The van der Waals surface area contributed by atoms with Crippen LogP contribution in [0.2, 0.25) is 5.02 Å². The van der Waals surface area contributed by atoms with Crippen LogP contribution in [0.1, 0.15) is 5.56 Å². The number of anilines is 2. The second kappa shape index (κ2) is 6.33. The highest BCUT2D eigenvalue weighted by Crippen LogP contribution is 2.37. The molecule has 136 valence electrons. The fourth-order valence-corrected chi connectivity index (χ4v) is 3.83. The van der Waals surface area contributed by atoms with Gasteiger partial charge in [0.25, 0.3) is 10.0 Å². The lowest BCUT2D eigenvalue weighted by Crippen LogP contribution is -2.16. The highest BCUT2D eigenvalue weighted by atomic mass is 35.5. The lowest BCUT2D eigenvalue weighted by Gasteiger charge is -2.15. The highest BCUT2D eigenvalue weighted by molar-refractivity contribution is 7.93. The molecule has 0 unspecified atom stereocenters. The maximum absolute atomic E-state index is 13.1. The Morgan fingerprint density at radius 3 is 2.50 bits per heavy atom. The molecule has 0 aliphatic heterocycles. The number of nitrogens with one attached hydrogen (secondary N) is 1. The van der Waals surface area contributed by atoms with Gasteiger partial charge in [0.15, 0.2) is 0 Å². The molecular weight excluding hydrogens is 391 g/mol. The predicted molar refractivity (Wildman–Crippen MR) is 93.4 cm³/mol. The number of alkyl halides is 3. The van der Waals surface area contributed by atoms with Crippen LogP contribution in [0.5, 0.6) is 0 Å². The standard InChI is InChI=1S/C16H11ClF3N3O2S/c17-9-3-6-14(12(21)8-9)26(24,25)23-13-5-4-11(16(18,19)20)10-2-1-7-22-15(10)13/h1-8,23H,21H2. The number of hydrogen-bond donors (Lipinski definition) is 2. The van der Waals surface area contributed by atoms with Gasteiger partial charge >= 0.3 is 6.18 Å². The summed E-state index contributed by atoms with van der Waals surface area (Å²) in [5.74, 6) is 0. The third-order valence-corrected chi connectivity index (χ3v) is 5.26. The number of pyridine rings is 1. The quantitative estimate of drug-likeness (QED) is 0.641. The average molecular weight is 402 g/mol. The first kappa shape index (κ1) is 18.3. The van der Waals surface area contributed by atoms with Crippen LogP contribution in [0.25, 0.3) is 10.9 Å². The number of hydrogen-bond acceptors (Lipinski definition) is 4. The van der Waals surface area contributed by atoms with E-state index in [0.29, 0.717) is 0 Å². The summed E-state index contributed by atoms with van der Waals surface area (Å²) in [6.45, 7) is 0. The van der Waals surface area contributed by atoms with E-state index in [-0.39, 0.29) is 32.2 Å². The van der Waals surface area contributed by atoms with Gasteiger partial charge in [0.05, 0.1) is 22.5 Å². The third kappa shape index (κ3) is 3.40. The van der Waals surface area contributed by atoms with E-state index in [9.17, 15) is 21.6 Å². The molecule has 0 saturated carbocycles. The number of rotatable bonds is 3. The van der Waals surface area contributed by atoms with Gasteiger partial charge in [-0.05, 0) is 36.4 Å². The number of fused-ring (bicyclic) bond motifs is 1. The minimum absolute atomic E-state index is 0.0887. The monoisotopic (exact) mass is 401 g/mol. The molecular formula is C16H11ClF3N3O2S. The Morgan fingerprint density at radius 1 is 1.12 bits per heavy atom. The van der Waals surface area contributed by atoms with Crippen molar-refractivity contribution < 1.29 is 21.6 Å². The molecule has 10 heteroatoms. The Morgan fingerprint density at radius 2 is 1.85 bits per heavy atom. The summed E-state index contributed by atoms with van der Waals surface area (Å²) in [5, 5.41) is 0.0346. The molecule has 3 N–H and O–H groups in total. The number of halogens is 4. The van der Waals surface area contributed by atoms with Crippen LogP contribution < -0.4 is 10.5 Å². The van der Waals surface area contributed by atoms with Crippen LogP contribution in [0, 0.1) is 0 Å². The van der Waals surface area contributed by atoms with Crippen molar-refractivity contribution in [2.75, 3.05) is 10.5 Å². The number of sulfonamides is 1. The second-order valence-electron chi connectivity index (χ2n) is 5.35. The smallest absolute Gasteiger partial charge is 0.398 e. The van der Waals surface area contributed by atoms with Gasteiger partial charge in [-0.1, -0.05) is 17.7 Å². The van der Waals surface area contributed by atoms with Gasteiger partial charge in [0.1, 0.15) is 4.90 Å². The molecule has 5 nitrogen and oxygen atoms in total. The van der Waals surface area contributed by atoms with Crippen LogP contribution in [-0.2, 0) is 16.2 Å². The van der Waals surface area contributed by atoms with E-state index in [2.05, 4.69) is 9.71 Å². The number of aromatic nitrogens is 1. The Bertz CT molecular complexity index is 1100. The molecule has 0 aliphatic rings. The molecule has 0 saturated heterocycles. The number of benzene rings is 2. The van der Waals surface area contributed by atoms with Gasteiger partial charge in [0, 0.05) is 16.6 Å². The first-order chi connectivity index (χ1) is 12.1. The SMILES string of the molecule is Nc1cc(Cl)ccc1S(=O)(=O)Nc1ccc(C(F)(F)F)c2cccnc12. The fraction of sp³-hybridized carbons (Fsp3) is 0.0625. The Kier molecular flexibility index (Phi) is 4.45. The first-order valence-electron chi connectivity index (χ1n) is 7.12. The van der Waals surface area contributed by atoms with Crippen LogP contribution in [0.3, 0.4) is 0 Å². The topological polar surface area (TPSA) is 85.1 Å². The number of nitrogen functional groups attached to an aromatic ring is 1. The summed E-state index contributed by atoms with van der Waals surface area (Å²) >= 11 is 5.75. The van der Waals surface area contributed by atoms with Crippen molar-refractivity contribution in [3.05, 3.63) is 59.2 Å². The van der Waals surface area contributed by atoms with Crippen LogP contribution in [-0.4, -0.2) is 13.4 Å². The number of nitrogens with two attached hydrogens (primary N) is 1. The fourth-order valence-electron chi connectivity index (χ4n) is 2.47. The molecule has 0 spiro atoms. The molecule has 26 heavy (non-hydrogen) atoms. The molecule has 0 aliphatic carbocycles. The molecule has 1 heterocycles. The Hall–Kier alpha value is -2.52. The Labute approximate surface area is 151 Å². The lowest BCUT2D eigenvalue weighted by atomic mass is 10.1. The molecule has 1 aromatic heterocycles. The van der Waals surface area contributed by atoms with E-state index < -0.39 is 21.8 Å². The van der Waals surface area contributed by atoms with Crippen molar-refractivity contribution >= 4 is 43.9 Å². The van der Waals surface area contributed by atoms with E-state index in [1.807, 2.05) is 0 Å². The second-order valence-corrected chi connectivity index (χ2v) is 7.43. The maximum Gasteiger partial charge on any atom is 0.417 e. The van der Waals surface area contributed by atoms with E-state index in [1.165, 1.54) is 36.5 Å². The molecule has 0 bridgehead atoms. The molecule has 3 aromatic rings. The van der Waals surface area contributed by atoms with Gasteiger partial charge in [-0.2, -0.15) is 13.2 Å². The molecule has 0 atom stereocenters.